The van der Waals surface area contributed by atoms with Gasteiger partial charge in [0.2, 0.25) is 5.95 Å². The zero-order valence-electron chi connectivity index (χ0n) is 11.0. The van der Waals surface area contributed by atoms with E-state index in [0.29, 0.717) is 0 Å². The normalized spacial score (nSPS) is 10.7. The summed E-state index contributed by atoms with van der Waals surface area (Å²) >= 11 is 3.52. The molecule has 2 aromatic rings. The lowest BCUT2D eigenvalue weighted by Gasteiger charge is -2.12. The molecule has 1 aromatic heterocycles. The van der Waals surface area contributed by atoms with E-state index in [2.05, 4.69) is 69.0 Å². The molecule has 2 rings (SSSR count). The summed E-state index contributed by atoms with van der Waals surface area (Å²) < 4.78 is 3.24. The molecule has 1 heterocycles. The maximum absolute atomic E-state index is 4.51. The second-order valence-electron chi connectivity index (χ2n) is 4.23. The summed E-state index contributed by atoms with van der Waals surface area (Å²) in [6.07, 6.45) is 3.07. The van der Waals surface area contributed by atoms with Gasteiger partial charge in [-0.2, -0.15) is 0 Å². The number of aryl methyl sites for hydroxylation is 2. The fourth-order valence-electron chi connectivity index (χ4n) is 2.04. The van der Waals surface area contributed by atoms with Crippen LogP contribution in [0.15, 0.2) is 28.9 Å². The van der Waals surface area contributed by atoms with E-state index < -0.39 is 0 Å². The molecule has 0 aliphatic carbocycles. The van der Waals surface area contributed by atoms with Crippen LogP contribution in [0.2, 0.25) is 0 Å². The number of halogens is 1. The first-order valence-electron chi connectivity index (χ1n) is 6.24. The molecule has 1 N–H and O–H groups in total. The molecule has 0 amide bonds. The molecule has 0 bridgehead atoms. The maximum Gasteiger partial charge on any atom is 0.207 e. The van der Waals surface area contributed by atoms with Crippen LogP contribution in [0.4, 0.5) is 5.95 Å². The fourth-order valence-corrected chi connectivity index (χ4v) is 2.44. The molecule has 0 unspecified atom stereocenters. The van der Waals surface area contributed by atoms with E-state index in [0.717, 1.165) is 29.1 Å². The van der Waals surface area contributed by atoms with Crippen molar-refractivity contribution in [1.82, 2.24) is 9.55 Å². The lowest BCUT2D eigenvalue weighted by Crippen LogP contribution is -2.06. The number of nitrogens with one attached hydrogen (secondary N) is 1. The van der Waals surface area contributed by atoms with Gasteiger partial charge in [0.05, 0.1) is 11.4 Å². The molecule has 0 spiro atoms. The third-order valence-electron chi connectivity index (χ3n) is 2.84. The summed E-state index contributed by atoms with van der Waals surface area (Å²) in [5.41, 5.74) is 3.52. The molecule has 3 nitrogen and oxygen atoms in total. The quantitative estimate of drug-likeness (QED) is 0.927. The number of rotatable bonds is 4. The lowest BCUT2D eigenvalue weighted by molar-refractivity contribution is 0.986. The minimum absolute atomic E-state index is 0.869. The van der Waals surface area contributed by atoms with Gasteiger partial charge in [-0.3, -0.25) is 4.57 Å². The summed E-state index contributed by atoms with van der Waals surface area (Å²) in [5.74, 6) is 0.909. The van der Waals surface area contributed by atoms with Crippen molar-refractivity contribution in [3.63, 3.8) is 0 Å². The Bertz CT molecular complexity index is 546. The highest BCUT2D eigenvalue weighted by Gasteiger charge is 2.10. The Morgan fingerprint density at radius 1 is 1.33 bits per heavy atom. The van der Waals surface area contributed by atoms with Crippen molar-refractivity contribution in [1.29, 1.82) is 0 Å². The molecule has 0 fully saturated rings. The van der Waals surface area contributed by atoms with E-state index >= 15 is 0 Å². The summed E-state index contributed by atoms with van der Waals surface area (Å²) in [4.78, 5) is 4.51. The van der Waals surface area contributed by atoms with Crippen LogP contribution >= 0.6 is 15.9 Å². The first kappa shape index (κ1) is 13.1. The van der Waals surface area contributed by atoms with Gasteiger partial charge in [-0.15, -0.1) is 0 Å². The molecule has 0 saturated carbocycles. The predicted octanol–water partition coefficient (Wildman–Crippen LogP) is 3.94. The van der Waals surface area contributed by atoms with Crippen molar-refractivity contribution in [2.45, 2.75) is 27.2 Å². The van der Waals surface area contributed by atoms with Gasteiger partial charge >= 0.3 is 0 Å². The van der Waals surface area contributed by atoms with Crippen LogP contribution in [0.25, 0.3) is 5.69 Å². The number of imidazole rings is 1. The highest BCUT2D eigenvalue weighted by atomic mass is 79.9. The molecule has 0 aliphatic rings. The Morgan fingerprint density at radius 3 is 2.78 bits per heavy atom. The van der Waals surface area contributed by atoms with Gasteiger partial charge < -0.3 is 5.32 Å². The molecule has 0 atom stereocenters. The van der Waals surface area contributed by atoms with E-state index in [9.17, 15) is 0 Å². The number of hydrogen-bond donors (Lipinski definition) is 1. The zero-order chi connectivity index (χ0) is 13.1. The molecular weight excluding hydrogens is 290 g/mol. The third-order valence-corrected chi connectivity index (χ3v) is 3.34. The van der Waals surface area contributed by atoms with Gasteiger partial charge in [0.25, 0.3) is 0 Å². The van der Waals surface area contributed by atoms with Gasteiger partial charge in [0.15, 0.2) is 0 Å². The van der Waals surface area contributed by atoms with Crippen molar-refractivity contribution < 1.29 is 0 Å². The third kappa shape index (κ3) is 2.58. The average molecular weight is 308 g/mol. The molecule has 1 aromatic carbocycles. The Hall–Kier alpha value is -1.29. The van der Waals surface area contributed by atoms with Gasteiger partial charge in [-0.05, 0) is 44.0 Å². The van der Waals surface area contributed by atoms with Crippen LogP contribution in [-0.2, 0) is 6.42 Å². The van der Waals surface area contributed by atoms with Crippen molar-refractivity contribution in [3.8, 4) is 5.69 Å². The minimum Gasteiger partial charge on any atom is -0.356 e. The number of benzene rings is 1. The fraction of sp³-hybridized carbons (Fsp3) is 0.357. The minimum atomic E-state index is 0.869. The van der Waals surface area contributed by atoms with E-state index in [1.165, 1.54) is 11.3 Å². The molecule has 18 heavy (non-hydrogen) atoms. The van der Waals surface area contributed by atoms with E-state index in [1.807, 2.05) is 6.92 Å². The van der Waals surface area contributed by atoms with Crippen LogP contribution < -0.4 is 5.32 Å². The topological polar surface area (TPSA) is 29.9 Å². The van der Waals surface area contributed by atoms with Crippen LogP contribution in [0, 0.1) is 6.92 Å². The van der Waals surface area contributed by atoms with Crippen LogP contribution in [0.3, 0.4) is 0 Å². The Balaban J connectivity index is 2.53. The standard InChI is InChI=1S/C14H18BrN3/c1-4-11-8-12(15)6-7-13(11)18-9-10(3)17-14(18)16-5-2/h6-9H,4-5H2,1-3H3,(H,16,17). The van der Waals surface area contributed by atoms with Crippen LogP contribution in [0.5, 0.6) is 0 Å². The van der Waals surface area contributed by atoms with E-state index in [-0.39, 0.29) is 0 Å². The SMILES string of the molecule is CCNc1nc(C)cn1-c1ccc(Br)cc1CC. The first-order chi connectivity index (χ1) is 8.65. The van der Waals surface area contributed by atoms with Gasteiger partial charge in [0.1, 0.15) is 0 Å². The molecule has 0 aliphatic heterocycles. The Labute approximate surface area is 116 Å². The smallest absolute Gasteiger partial charge is 0.207 e. The van der Waals surface area contributed by atoms with Gasteiger partial charge in [0, 0.05) is 17.2 Å². The van der Waals surface area contributed by atoms with E-state index in [1.54, 1.807) is 0 Å². The summed E-state index contributed by atoms with van der Waals surface area (Å²) in [7, 11) is 0. The van der Waals surface area contributed by atoms with E-state index in [4.69, 9.17) is 0 Å². The van der Waals surface area contributed by atoms with Crippen molar-refractivity contribution in [2.75, 3.05) is 11.9 Å². The average Bonchev–Trinajstić information content (AvgIpc) is 2.70. The number of hydrogen-bond acceptors (Lipinski definition) is 2. The highest BCUT2D eigenvalue weighted by molar-refractivity contribution is 9.10. The first-order valence-corrected chi connectivity index (χ1v) is 7.03. The number of nitrogens with zero attached hydrogens (tertiary/aromatic N) is 2. The molecule has 96 valence electrons. The molecule has 4 heteroatoms. The Kier molecular flexibility index (Phi) is 4.07. The van der Waals surface area contributed by atoms with Crippen LogP contribution in [0.1, 0.15) is 25.1 Å². The van der Waals surface area contributed by atoms with Gasteiger partial charge in [-0.1, -0.05) is 22.9 Å². The maximum atomic E-state index is 4.51. The lowest BCUT2D eigenvalue weighted by atomic mass is 10.1. The molecule has 0 saturated heterocycles. The second kappa shape index (κ2) is 5.57. The zero-order valence-corrected chi connectivity index (χ0v) is 12.6. The van der Waals surface area contributed by atoms with Crippen LogP contribution in [-0.4, -0.2) is 16.1 Å². The van der Waals surface area contributed by atoms with Crippen molar-refractivity contribution in [3.05, 3.63) is 40.1 Å². The highest BCUT2D eigenvalue weighted by Crippen LogP contribution is 2.24. The number of aromatic nitrogens is 2. The summed E-state index contributed by atoms with van der Waals surface area (Å²) in [5, 5.41) is 3.30. The molecular formula is C14H18BrN3. The Morgan fingerprint density at radius 2 is 2.11 bits per heavy atom. The van der Waals surface area contributed by atoms with Crippen molar-refractivity contribution >= 4 is 21.9 Å². The largest absolute Gasteiger partial charge is 0.356 e. The second-order valence-corrected chi connectivity index (χ2v) is 5.15. The molecule has 0 radical (unpaired) electrons. The summed E-state index contributed by atoms with van der Waals surface area (Å²) in [6.45, 7) is 7.13. The van der Waals surface area contributed by atoms with Gasteiger partial charge in [-0.25, -0.2) is 4.98 Å². The predicted molar refractivity (Wildman–Crippen MR) is 79.5 cm³/mol. The monoisotopic (exact) mass is 307 g/mol. The summed E-state index contributed by atoms with van der Waals surface area (Å²) in [6, 6.07) is 6.37. The number of anilines is 1. The van der Waals surface area contributed by atoms with Crippen molar-refractivity contribution in [2.24, 2.45) is 0 Å².